The van der Waals surface area contributed by atoms with Crippen molar-refractivity contribution in [3.63, 3.8) is 0 Å². The van der Waals surface area contributed by atoms with Gasteiger partial charge in [-0.25, -0.2) is 22.9 Å². The lowest BCUT2D eigenvalue weighted by Gasteiger charge is -2.40. The van der Waals surface area contributed by atoms with Gasteiger partial charge in [0.15, 0.2) is 11.6 Å². The monoisotopic (exact) mass is 685 g/mol. The number of halogens is 3. The number of methoxy groups -OCH3 is 1. The number of aromatic nitrogens is 1. The number of pyridine rings is 1. The van der Waals surface area contributed by atoms with Gasteiger partial charge in [-0.05, 0) is 83.9 Å². The van der Waals surface area contributed by atoms with Crippen molar-refractivity contribution >= 4 is 24.7 Å². The molecule has 1 saturated heterocycles. The van der Waals surface area contributed by atoms with E-state index in [0.29, 0.717) is 55.0 Å². The quantitative estimate of drug-likeness (QED) is 0.241. The van der Waals surface area contributed by atoms with Crippen molar-refractivity contribution in [2.45, 2.75) is 78.6 Å². The number of nitrogens with one attached hydrogen (secondary N) is 2. The fourth-order valence-electron chi connectivity index (χ4n) is 6.20. The standard InChI is InChI=1S/C35H42F3N5O6/c1-18-15-21(41-34(46)49-35(4,5)6)17-43(16-18)32(22-9-13-27(30(22)39-7)48-20(3)44)19(2)40-33(45)25-12-10-24(37)31(42-25)28-23(36)11-14-26(47-8)29(28)38/h10-12,14,18,21,27H,7,9,13,15-17H2,1-6,8H3,(H,40,45)(H,41,46)/b32-19-/t18-,21+,27?/m1/s1. The van der Waals surface area contributed by atoms with Crippen molar-refractivity contribution in [2.24, 2.45) is 10.9 Å². The molecular weight excluding hydrogens is 643 g/mol. The van der Waals surface area contributed by atoms with Crippen molar-refractivity contribution in [3.05, 3.63) is 70.1 Å². The average molecular weight is 686 g/mol. The number of esters is 1. The Morgan fingerprint density at radius 3 is 2.39 bits per heavy atom. The normalized spacial score (nSPS) is 20.0. The van der Waals surface area contributed by atoms with Gasteiger partial charge in [0.05, 0.1) is 24.1 Å². The minimum absolute atomic E-state index is 0.0904. The number of benzene rings is 1. The molecule has 1 aliphatic carbocycles. The van der Waals surface area contributed by atoms with Crippen molar-refractivity contribution in [1.29, 1.82) is 0 Å². The number of carbonyl (C=O) groups excluding carboxylic acids is 3. The number of allylic oxidation sites excluding steroid dienone is 2. The first-order valence-corrected chi connectivity index (χ1v) is 15.9. The van der Waals surface area contributed by atoms with Crippen LogP contribution in [0.25, 0.3) is 11.3 Å². The molecule has 2 aliphatic rings. The van der Waals surface area contributed by atoms with E-state index >= 15 is 4.39 Å². The number of piperidine rings is 1. The Labute approximate surface area is 283 Å². The molecule has 2 amide bonds. The second-order valence-corrected chi connectivity index (χ2v) is 13.1. The van der Waals surface area contributed by atoms with Gasteiger partial charge >= 0.3 is 12.1 Å². The summed E-state index contributed by atoms with van der Waals surface area (Å²) in [6, 6.07) is 3.65. The first-order valence-electron chi connectivity index (χ1n) is 15.9. The topological polar surface area (TPSA) is 131 Å². The second-order valence-electron chi connectivity index (χ2n) is 13.1. The number of likely N-dealkylation sites (tertiary alicyclic amines) is 1. The lowest BCUT2D eigenvalue weighted by molar-refractivity contribution is -0.144. The molecule has 2 N–H and O–H groups in total. The Hall–Kier alpha value is -4.88. The molecule has 3 atom stereocenters. The van der Waals surface area contributed by atoms with Crippen LogP contribution in [-0.2, 0) is 14.3 Å². The maximum Gasteiger partial charge on any atom is 0.407 e. The molecule has 1 aromatic heterocycles. The van der Waals surface area contributed by atoms with Gasteiger partial charge in [0, 0.05) is 37.3 Å². The van der Waals surface area contributed by atoms with Gasteiger partial charge in [-0.3, -0.25) is 14.6 Å². The molecular formula is C35H42F3N5O6. The Balaban J connectivity index is 1.75. The SMILES string of the molecule is C=NC1=C(/C(=C(\C)NC(=O)c2ccc(F)c(-c3c(F)ccc(OC)c3F)n2)N2C[C@H](C)C[C@H](NC(=O)OC(C)(C)C)C2)CCC1OC(C)=O. The predicted molar refractivity (Wildman–Crippen MR) is 176 cm³/mol. The molecule has 0 bridgehead atoms. The lowest BCUT2D eigenvalue weighted by Crippen LogP contribution is -2.51. The number of aliphatic imine (C=N–C) groups is 1. The molecule has 1 aliphatic heterocycles. The maximum atomic E-state index is 15.1. The molecule has 264 valence electrons. The third kappa shape index (κ3) is 8.78. The highest BCUT2D eigenvalue weighted by atomic mass is 19.1. The van der Waals surface area contributed by atoms with Crippen LogP contribution in [0, 0.1) is 23.4 Å². The number of ether oxygens (including phenoxy) is 3. The molecule has 1 aromatic carbocycles. The van der Waals surface area contributed by atoms with Gasteiger partial charge in [0.25, 0.3) is 5.91 Å². The number of alkyl carbamates (subject to hydrolysis) is 1. The summed E-state index contributed by atoms with van der Waals surface area (Å²) in [5.41, 5.74) is -0.462. The molecule has 49 heavy (non-hydrogen) atoms. The summed E-state index contributed by atoms with van der Waals surface area (Å²) in [6.45, 7) is 14.9. The molecule has 11 nitrogen and oxygen atoms in total. The number of rotatable bonds is 9. The van der Waals surface area contributed by atoms with Gasteiger partial charge in [-0.15, -0.1) is 0 Å². The Kier molecular flexibility index (Phi) is 11.4. The van der Waals surface area contributed by atoms with E-state index in [0.717, 1.165) is 24.3 Å². The average Bonchev–Trinajstić information content (AvgIpc) is 3.37. The van der Waals surface area contributed by atoms with Crippen molar-refractivity contribution < 1.29 is 41.8 Å². The van der Waals surface area contributed by atoms with E-state index in [4.69, 9.17) is 14.2 Å². The minimum atomic E-state index is -1.17. The zero-order valence-corrected chi connectivity index (χ0v) is 28.7. The van der Waals surface area contributed by atoms with Crippen LogP contribution in [0.1, 0.15) is 71.3 Å². The lowest BCUT2D eigenvalue weighted by atomic mass is 9.93. The van der Waals surface area contributed by atoms with Gasteiger partial charge < -0.3 is 29.7 Å². The van der Waals surface area contributed by atoms with E-state index in [9.17, 15) is 23.2 Å². The molecule has 14 heteroatoms. The van der Waals surface area contributed by atoms with Gasteiger partial charge in [0.1, 0.15) is 34.7 Å². The van der Waals surface area contributed by atoms with Crippen LogP contribution in [0.15, 0.2) is 51.9 Å². The summed E-state index contributed by atoms with van der Waals surface area (Å²) >= 11 is 0. The highest BCUT2D eigenvalue weighted by Crippen LogP contribution is 2.38. The van der Waals surface area contributed by atoms with Crippen LogP contribution < -0.4 is 15.4 Å². The van der Waals surface area contributed by atoms with Crippen LogP contribution >= 0.6 is 0 Å². The number of amides is 2. The highest BCUT2D eigenvalue weighted by Gasteiger charge is 2.36. The molecule has 2 aromatic rings. The Morgan fingerprint density at radius 2 is 1.76 bits per heavy atom. The molecule has 0 radical (unpaired) electrons. The van der Waals surface area contributed by atoms with Gasteiger partial charge in [-0.1, -0.05) is 6.92 Å². The Bertz CT molecular complexity index is 1700. The molecule has 4 rings (SSSR count). The zero-order valence-electron chi connectivity index (χ0n) is 28.7. The third-order valence-corrected chi connectivity index (χ3v) is 7.98. The molecule has 0 saturated carbocycles. The fourth-order valence-corrected chi connectivity index (χ4v) is 6.20. The van der Waals surface area contributed by atoms with E-state index in [1.165, 1.54) is 14.0 Å². The summed E-state index contributed by atoms with van der Waals surface area (Å²) in [5.74, 6) is -4.80. The fraction of sp³-hybridized carbons (Fsp3) is 0.457. The summed E-state index contributed by atoms with van der Waals surface area (Å²) < 4.78 is 60.7. The van der Waals surface area contributed by atoms with Crippen LogP contribution in [0.5, 0.6) is 5.75 Å². The number of nitrogens with zero attached hydrogens (tertiary/aromatic N) is 3. The second kappa shape index (κ2) is 15.1. The van der Waals surface area contributed by atoms with Gasteiger partial charge in [-0.2, -0.15) is 0 Å². The summed E-state index contributed by atoms with van der Waals surface area (Å²) in [7, 11) is 1.18. The Morgan fingerprint density at radius 1 is 1.06 bits per heavy atom. The summed E-state index contributed by atoms with van der Waals surface area (Å²) in [5, 5.41) is 5.75. The molecule has 1 fully saturated rings. The minimum Gasteiger partial charge on any atom is -0.494 e. The van der Waals surface area contributed by atoms with E-state index in [1.54, 1.807) is 27.7 Å². The first-order chi connectivity index (χ1) is 23.0. The van der Waals surface area contributed by atoms with Crippen LogP contribution in [0.2, 0.25) is 0 Å². The maximum absolute atomic E-state index is 15.1. The van der Waals surface area contributed by atoms with Crippen LogP contribution in [0.3, 0.4) is 0 Å². The summed E-state index contributed by atoms with van der Waals surface area (Å²) in [6.07, 6.45) is 0.299. The van der Waals surface area contributed by atoms with E-state index in [2.05, 4.69) is 27.3 Å². The highest BCUT2D eigenvalue weighted by molar-refractivity contribution is 5.94. The number of carbonyl (C=O) groups is 3. The molecule has 1 unspecified atom stereocenters. The third-order valence-electron chi connectivity index (χ3n) is 7.98. The summed E-state index contributed by atoms with van der Waals surface area (Å²) in [4.78, 5) is 48.4. The van der Waals surface area contributed by atoms with E-state index < -0.39 is 58.4 Å². The zero-order chi connectivity index (χ0) is 36.2. The number of hydrogen-bond acceptors (Lipinski definition) is 9. The number of hydrogen-bond donors (Lipinski definition) is 2. The predicted octanol–water partition coefficient (Wildman–Crippen LogP) is 6.05. The first kappa shape index (κ1) is 36.9. The van der Waals surface area contributed by atoms with Crippen molar-refractivity contribution in [1.82, 2.24) is 20.5 Å². The van der Waals surface area contributed by atoms with Crippen molar-refractivity contribution in [3.8, 4) is 17.0 Å². The van der Waals surface area contributed by atoms with Crippen LogP contribution in [0.4, 0.5) is 18.0 Å². The smallest absolute Gasteiger partial charge is 0.407 e. The van der Waals surface area contributed by atoms with E-state index in [1.807, 2.05) is 11.8 Å². The van der Waals surface area contributed by atoms with Crippen molar-refractivity contribution in [2.75, 3.05) is 20.2 Å². The van der Waals surface area contributed by atoms with Crippen LogP contribution in [-0.4, -0.2) is 72.5 Å². The van der Waals surface area contributed by atoms with E-state index in [-0.39, 0.29) is 23.4 Å². The van der Waals surface area contributed by atoms with Gasteiger partial charge in [0.2, 0.25) is 0 Å². The molecule has 0 spiro atoms. The molecule has 2 heterocycles. The largest absolute Gasteiger partial charge is 0.494 e.